The summed E-state index contributed by atoms with van der Waals surface area (Å²) in [7, 11) is 0. The highest BCUT2D eigenvalue weighted by Crippen LogP contribution is 2.17. The van der Waals surface area contributed by atoms with Gasteiger partial charge in [0.1, 0.15) is 0 Å². The molecule has 1 rings (SSSR count). The maximum absolute atomic E-state index is 11.0. The summed E-state index contributed by atoms with van der Waals surface area (Å²) in [6, 6.07) is 0. The molecule has 0 saturated heterocycles. The number of hydrogen-bond donors (Lipinski definition) is 1. The van der Waals surface area contributed by atoms with Crippen LogP contribution in [-0.4, -0.2) is 27.9 Å². The van der Waals surface area contributed by atoms with Gasteiger partial charge in [0.15, 0.2) is 11.0 Å². The highest BCUT2D eigenvalue weighted by molar-refractivity contribution is 6.99. The van der Waals surface area contributed by atoms with Crippen molar-refractivity contribution in [2.45, 2.75) is 19.8 Å². The molecule has 7 heteroatoms. The number of aromatic nitrogens is 2. The molecule has 5 nitrogen and oxygen atoms in total. The van der Waals surface area contributed by atoms with Crippen LogP contribution in [0.4, 0.5) is 5.82 Å². The van der Waals surface area contributed by atoms with Crippen molar-refractivity contribution in [3.8, 4) is 0 Å². The number of esters is 1. The number of rotatable bonds is 6. The molecule has 0 aliphatic carbocycles. The first-order chi connectivity index (χ1) is 7.24. The Bertz CT molecular complexity index is 319. The maximum Gasteiger partial charge on any atom is 0.305 e. The zero-order valence-electron chi connectivity index (χ0n) is 8.33. The zero-order chi connectivity index (χ0) is 11.1. The van der Waals surface area contributed by atoms with Crippen LogP contribution in [0.2, 0.25) is 5.15 Å². The number of carbonyl (C=O) groups excluding carboxylic acids is 1. The van der Waals surface area contributed by atoms with E-state index in [1.807, 2.05) is 0 Å². The Hall–Kier alpha value is -0.880. The minimum atomic E-state index is -0.179. The Balaban J connectivity index is 2.12. The van der Waals surface area contributed by atoms with Gasteiger partial charge in [-0.3, -0.25) is 4.79 Å². The predicted molar refractivity (Wildman–Crippen MR) is 59.3 cm³/mol. The number of nitrogens with one attached hydrogen (secondary N) is 1. The third-order valence-electron chi connectivity index (χ3n) is 1.60. The number of nitrogens with zero attached hydrogens (tertiary/aromatic N) is 2. The molecule has 1 aromatic rings. The number of halogens is 1. The fourth-order valence-corrected chi connectivity index (χ4v) is 1.64. The largest absolute Gasteiger partial charge is 0.466 e. The Kier molecular flexibility index (Phi) is 5.34. The molecule has 0 amide bonds. The SMILES string of the molecule is CCOC(=O)CCCNc1nsnc1Cl. The van der Waals surface area contributed by atoms with Crippen LogP contribution in [0.3, 0.4) is 0 Å². The van der Waals surface area contributed by atoms with Gasteiger partial charge < -0.3 is 10.1 Å². The predicted octanol–water partition coefficient (Wildman–Crippen LogP) is 1.95. The summed E-state index contributed by atoms with van der Waals surface area (Å²) < 4.78 is 12.5. The molecule has 1 heterocycles. The summed E-state index contributed by atoms with van der Waals surface area (Å²) in [6.45, 7) is 2.84. The summed E-state index contributed by atoms with van der Waals surface area (Å²) in [5, 5.41) is 3.36. The second-order valence-electron chi connectivity index (χ2n) is 2.74. The summed E-state index contributed by atoms with van der Waals surface area (Å²) in [5.41, 5.74) is 0. The van der Waals surface area contributed by atoms with E-state index >= 15 is 0 Å². The van der Waals surface area contributed by atoms with Gasteiger partial charge >= 0.3 is 5.97 Å². The summed E-state index contributed by atoms with van der Waals surface area (Å²) in [6.07, 6.45) is 1.09. The highest BCUT2D eigenvalue weighted by atomic mass is 35.5. The first-order valence-electron chi connectivity index (χ1n) is 4.61. The van der Waals surface area contributed by atoms with Gasteiger partial charge in [-0.05, 0) is 13.3 Å². The third-order valence-corrected chi connectivity index (χ3v) is 2.50. The maximum atomic E-state index is 11.0. The minimum Gasteiger partial charge on any atom is -0.466 e. The number of anilines is 1. The van der Waals surface area contributed by atoms with Crippen molar-refractivity contribution in [2.75, 3.05) is 18.5 Å². The van der Waals surface area contributed by atoms with E-state index in [4.69, 9.17) is 16.3 Å². The van der Waals surface area contributed by atoms with Crippen LogP contribution in [-0.2, 0) is 9.53 Å². The second-order valence-corrected chi connectivity index (χ2v) is 3.63. The summed E-state index contributed by atoms with van der Waals surface area (Å²) in [5.74, 6) is 0.396. The van der Waals surface area contributed by atoms with Crippen LogP contribution in [0, 0.1) is 0 Å². The normalized spacial score (nSPS) is 10.0. The Morgan fingerprint density at radius 3 is 3.00 bits per heavy atom. The highest BCUT2D eigenvalue weighted by Gasteiger charge is 2.05. The molecule has 0 unspecified atom stereocenters. The van der Waals surface area contributed by atoms with Crippen LogP contribution >= 0.6 is 23.3 Å². The first kappa shape index (κ1) is 12.2. The number of ether oxygens (including phenoxy) is 1. The lowest BCUT2D eigenvalue weighted by molar-refractivity contribution is -0.143. The molecule has 1 aromatic heterocycles. The van der Waals surface area contributed by atoms with Crippen molar-refractivity contribution in [3.05, 3.63) is 5.15 Å². The molecule has 84 valence electrons. The van der Waals surface area contributed by atoms with Crippen LogP contribution in [0.1, 0.15) is 19.8 Å². The van der Waals surface area contributed by atoms with Crippen LogP contribution in [0.5, 0.6) is 0 Å². The second kappa shape index (κ2) is 6.58. The van der Waals surface area contributed by atoms with Crippen molar-refractivity contribution in [1.82, 2.24) is 8.75 Å². The average Bonchev–Trinajstić information content (AvgIpc) is 2.60. The number of hydrogen-bond acceptors (Lipinski definition) is 6. The molecule has 15 heavy (non-hydrogen) atoms. The van der Waals surface area contributed by atoms with Gasteiger partial charge in [0, 0.05) is 13.0 Å². The van der Waals surface area contributed by atoms with Gasteiger partial charge in [-0.15, -0.1) is 0 Å². The van der Waals surface area contributed by atoms with Crippen molar-refractivity contribution < 1.29 is 9.53 Å². The summed E-state index contributed by atoms with van der Waals surface area (Å²) >= 11 is 6.77. The smallest absolute Gasteiger partial charge is 0.305 e. The molecular formula is C8H12ClN3O2S. The van der Waals surface area contributed by atoms with E-state index in [0.29, 0.717) is 37.0 Å². The quantitative estimate of drug-likeness (QED) is 0.617. The molecule has 0 aliphatic rings. The van der Waals surface area contributed by atoms with E-state index in [1.54, 1.807) is 6.92 Å². The minimum absolute atomic E-state index is 0.179. The van der Waals surface area contributed by atoms with Crippen LogP contribution in [0.25, 0.3) is 0 Å². The lowest BCUT2D eigenvalue weighted by atomic mass is 10.3. The van der Waals surface area contributed by atoms with Crippen molar-refractivity contribution in [2.24, 2.45) is 0 Å². The van der Waals surface area contributed by atoms with E-state index in [1.165, 1.54) is 0 Å². The van der Waals surface area contributed by atoms with Gasteiger partial charge in [-0.2, -0.15) is 8.75 Å². The molecule has 0 bridgehead atoms. The topological polar surface area (TPSA) is 64.1 Å². The van der Waals surface area contributed by atoms with E-state index in [-0.39, 0.29) is 5.97 Å². The molecule has 1 N–H and O–H groups in total. The lowest BCUT2D eigenvalue weighted by Gasteiger charge is -2.02. The van der Waals surface area contributed by atoms with Gasteiger partial charge in [0.05, 0.1) is 18.3 Å². The van der Waals surface area contributed by atoms with Gasteiger partial charge in [-0.25, -0.2) is 0 Å². The number of carbonyl (C=O) groups is 1. The lowest BCUT2D eigenvalue weighted by Crippen LogP contribution is -2.08. The van der Waals surface area contributed by atoms with E-state index < -0.39 is 0 Å². The van der Waals surface area contributed by atoms with Crippen molar-refractivity contribution >= 4 is 35.1 Å². The van der Waals surface area contributed by atoms with Gasteiger partial charge in [0.25, 0.3) is 0 Å². The van der Waals surface area contributed by atoms with Gasteiger partial charge in [0.2, 0.25) is 0 Å². The van der Waals surface area contributed by atoms with Crippen LogP contribution < -0.4 is 5.32 Å². The third kappa shape index (κ3) is 4.44. The fourth-order valence-electron chi connectivity index (χ4n) is 0.956. The Morgan fingerprint density at radius 1 is 1.60 bits per heavy atom. The monoisotopic (exact) mass is 249 g/mol. The molecule has 0 radical (unpaired) electrons. The standard InChI is InChI=1S/C8H12ClN3O2S/c1-2-14-6(13)4-3-5-10-8-7(9)11-15-12-8/h2-5H2,1H3,(H,10,12). The van der Waals surface area contributed by atoms with Gasteiger partial charge in [-0.1, -0.05) is 11.6 Å². The van der Waals surface area contributed by atoms with E-state index in [2.05, 4.69) is 14.1 Å². The zero-order valence-corrected chi connectivity index (χ0v) is 9.90. The molecular weight excluding hydrogens is 238 g/mol. The molecule has 0 atom stereocenters. The molecule has 0 aliphatic heterocycles. The Labute approximate surface area is 97.1 Å². The average molecular weight is 250 g/mol. The Morgan fingerprint density at radius 2 is 2.40 bits per heavy atom. The molecule has 0 spiro atoms. The van der Waals surface area contributed by atoms with Crippen molar-refractivity contribution in [3.63, 3.8) is 0 Å². The molecule has 0 aromatic carbocycles. The summed E-state index contributed by atoms with van der Waals surface area (Å²) in [4.78, 5) is 11.0. The fraction of sp³-hybridized carbons (Fsp3) is 0.625. The van der Waals surface area contributed by atoms with E-state index in [0.717, 1.165) is 11.7 Å². The van der Waals surface area contributed by atoms with Crippen LogP contribution in [0.15, 0.2) is 0 Å². The molecule has 0 fully saturated rings. The first-order valence-corrected chi connectivity index (χ1v) is 5.72. The van der Waals surface area contributed by atoms with E-state index in [9.17, 15) is 4.79 Å². The van der Waals surface area contributed by atoms with Crippen molar-refractivity contribution in [1.29, 1.82) is 0 Å². The molecule has 0 saturated carbocycles.